The van der Waals surface area contributed by atoms with Gasteiger partial charge in [0.1, 0.15) is 0 Å². The quantitative estimate of drug-likeness (QED) is 0.470. The molecule has 0 saturated carbocycles. The molecule has 4 nitrogen and oxygen atoms in total. The molecule has 1 fully saturated rings. The number of nitrogens with zero attached hydrogens (tertiary/aromatic N) is 1. The number of amides is 2. The highest BCUT2D eigenvalue weighted by atomic mass is 32.2. The molecule has 0 atom stereocenters. The molecule has 0 aliphatic carbocycles. The van der Waals surface area contributed by atoms with E-state index in [2.05, 4.69) is 59.1 Å². The number of hydrazine groups is 1. The van der Waals surface area contributed by atoms with Gasteiger partial charge in [-0.25, -0.2) is 0 Å². The molecule has 3 rings (SSSR count). The lowest BCUT2D eigenvalue weighted by molar-refractivity contribution is -0.123. The topological polar surface area (TPSA) is 49.4 Å². The Morgan fingerprint density at radius 2 is 1.39 bits per heavy atom. The summed E-state index contributed by atoms with van der Waals surface area (Å²) in [5.74, 6) is -0.693. The first kappa shape index (κ1) is 23.2. The summed E-state index contributed by atoms with van der Waals surface area (Å²) in [6, 6.07) is 15.5. The highest BCUT2D eigenvalue weighted by Gasteiger charge is 2.33. The maximum Gasteiger partial charge on any atom is 0.285 e. The molecule has 1 N–H and O–H groups in total. The highest BCUT2D eigenvalue weighted by molar-refractivity contribution is 8.26. The lowest BCUT2D eigenvalue weighted by atomic mass is 9.87. The minimum Gasteiger partial charge on any atom is -0.267 e. The Morgan fingerprint density at radius 1 is 0.903 bits per heavy atom. The molecule has 2 amide bonds. The fraction of sp³-hybridized carbons (Fsp3) is 0.320. The van der Waals surface area contributed by atoms with Crippen LogP contribution in [0.4, 0.5) is 0 Å². The van der Waals surface area contributed by atoms with E-state index >= 15 is 0 Å². The third-order valence-corrected chi connectivity index (χ3v) is 6.40. The number of hydrogen-bond donors (Lipinski definition) is 1. The van der Waals surface area contributed by atoms with E-state index in [0.29, 0.717) is 14.8 Å². The molecule has 162 valence electrons. The molecular weight excluding hydrogens is 424 g/mol. The van der Waals surface area contributed by atoms with Gasteiger partial charge in [0, 0.05) is 5.56 Å². The van der Waals surface area contributed by atoms with Crippen molar-refractivity contribution >= 4 is 46.2 Å². The summed E-state index contributed by atoms with van der Waals surface area (Å²) < 4.78 is 0.308. The van der Waals surface area contributed by atoms with Gasteiger partial charge in [-0.1, -0.05) is 89.7 Å². The smallest absolute Gasteiger partial charge is 0.267 e. The van der Waals surface area contributed by atoms with Crippen molar-refractivity contribution in [3.8, 4) is 0 Å². The molecule has 6 heteroatoms. The van der Waals surface area contributed by atoms with Gasteiger partial charge in [-0.2, -0.15) is 5.01 Å². The van der Waals surface area contributed by atoms with Crippen molar-refractivity contribution in [1.29, 1.82) is 0 Å². The maximum atomic E-state index is 12.8. The van der Waals surface area contributed by atoms with Crippen LogP contribution in [0.15, 0.2) is 53.4 Å². The number of rotatable bonds is 3. The van der Waals surface area contributed by atoms with E-state index in [1.54, 1.807) is 18.2 Å². The van der Waals surface area contributed by atoms with Crippen LogP contribution in [-0.4, -0.2) is 21.1 Å². The molecule has 0 bridgehead atoms. The van der Waals surface area contributed by atoms with E-state index in [1.165, 1.54) is 17.3 Å². The average molecular weight is 453 g/mol. The van der Waals surface area contributed by atoms with Crippen LogP contribution in [0, 0.1) is 0 Å². The van der Waals surface area contributed by atoms with Crippen molar-refractivity contribution in [2.75, 3.05) is 0 Å². The van der Waals surface area contributed by atoms with Crippen molar-refractivity contribution in [2.24, 2.45) is 0 Å². The zero-order valence-corrected chi connectivity index (χ0v) is 20.4. The highest BCUT2D eigenvalue weighted by Crippen LogP contribution is 2.32. The van der Waals surface area contributed by atoms with Gasteiger partial charge in [0.15, 0.2) is 4.32 Å². The van der Waals surface area contributed by atoms with Crippen LogP contribution in [0.3, 0.4) is 0 Å². The van der Waals surface area contributed by atoms with Crippen LogP contribution in [0.2, 0.25) is 0 Å². The number of nitrogens with one attached hydrogen (secondary N) is 1. The second kappa shape index (κ2) is 8.60. The minimum atomic E-state index is -0.368. The van der Waals surface area contributed by atoms with E-state index in [1.807, 2.05) is 24.3 Å². The molecule has 1 heterocycles. The third kappa shape index (κ3) is 5.43. The molecule has 1 saturated heterocycles. The molecule has 0 radical (unpaired) electrons. The summed E-state index contributed by atoms with van der Waals surface area (Å²) in [6.07, 6.45) is 1.80. The second-order valence-electron chi connectivity index (χ2n) is 9.66. The maximum absolute atomic E-state index is 12.8. The number of thioether (sulfide) groups is 1. The normalized spacial score (nSPS) is 16.2. The zero-order valence-electron chi connectivity index (χ0n) is 18.8. The Kier molecular flexibility index (Phi) is 6.44. The molecule has 0 unspecified atom stereocenters. The van der Waals surface area contributed by atoms with E-state index in [9.17, 15) is 9.59 Å². The Labute approximate surface area is 194 Å². The predicted octanol–water partition coefficient (Wildman–Crippen LogP) is 5.83. The molecule has 31 heavy (non-hydrogen) atoms. The monoisotopic (exact) mass is 452 g/mol. The Hall–Kier alpha value is -2.44. The Bertz CT molecular complexity index is 1040. The lowest BCUT2D eigenvalue weighted by Gasteiger charge is -2.20. The van der Waals surface area contributed by atoms with Gasteiger partial charge in [-0.05, 0) is 57.9 Å². The number of hydrogen-bond acceptors (Lipinski definition) is 4. The SMILES string of the molecule is CC(C)(C)c1ccc(C=C2SC(=S)N(NC(=O)c3ccc(C(C)(C)C)cc3)C2=O)cc1. The van der Waals surface area contributed by atoms with Crippen molar-refractivity contribution < 1.29 is 9.59 Å². The second-order valence-corrected chi connectivity index (χ2v) is 11.3. The average Bonchev–Trinajstić information content (AvgIpc) is 2.94. The van der Waals surface area contributed by atoms with Crippen LogP contribution in [0.5, 0.6) is 0 Å². The zero-order chi connectivity index (χ0) is 23.0. The van der Waals surface area contributed by atoms with E-state index in [-0.39, 0.29) is 22.6 Å². The van der Waals surface area contributed by atoms with Crippen LogP contribution in [0.25, 0.3) is 6.08 Å². The summed E-state index contributed by atoms with van der Waals surface area (Å²) in [4.78, 5) is 26.0. The van der Waals surface area contributed by atoms with Crippen molar-refractivity contribution in [2.45, 2.75) is 52.4 Å². The van der Waals surface area contributed by atoms with E-state index in [4.69, 9.17) is 12.2 Å². The van der Waals surface area contributed by atoms with Crippen LogP contribution in [0.1, 0.15) is 68.6 Å². The van der Waals surface area contributed by atoms with Crippen LogP contribution in [-0.2, 0) is 15.6 Å². The first-order chi connectivity index (χ1) is 14.4. The van der Waals surface area contributed by atoms with Gasteiger partial charge in [-0.15, -0.1) is 0 Å². The molecule has 1 aliphatic heterocycles. The fourth-order valence-corrected chi connectivity index (χ4v) is 4.26. The van der Waals surface area contributed by atoms with Crippen LogP contribution < -0.4 is 5.43 Å². The van der Waals surface area contributed by atoms with Gasteiger partial charge in [0.2, 0.25) is 0 Å². The van der Waals surface area contributed by atoms with Crippen molar-refractivity contribution in [1.82, 2.24) is 10.4 Å². The largest absolute Gasteiger partial charge is 0.285 e. The number of thiocarbonyl (C=S) groups is 1. The van der Waals surface area contributed by atoms with Gasteiger partial charge in [0.25, 0.3) is 11.8 Å². The predicted molar refractivity (Wildman–Crippen MR) is 133 cm³/mol. The van der Waals surface area contributed by atoms with E-state index < -0.39 is 0 Å². The molecule has 0 spiro atoms. The molecule has 2 aromatic rings. The fourth-order valence-electron chi connectivity index (χ4n) is 3.08. The summed E-state index contributed by atoms with van der Waals surface area (Å²) in [6.45, 7) is 12.8. The number of benzene rings is 2. The van der Waals surface area contributed by atoms with Crippen molar-refractivity contribution in [3.63, 3.8) is 0 Å². The lowest BCUT2D eigenvalue weighted by Crippen LogP contribution is -2.44. The summed E-state index contributed by atoms with van der Waals surface area (Å²) in [5.41, 5.74) is 6.46. The minimum absolute atomic E-state index is 0.00289. The molecular formula is C25H28N2O2S2. The van der Waals surface area contributed by atoms with Crippen molar-refractivity contribution in [3.05, 3.63) is 75.7 Å². The van der Waals surface area contributed by atoms with Gasteiger partial charge >= 0.3 is 0 Å². The third-order valence-electron chi connectivity index (χ3n) is 5.09. The summed E-state index contributed by atoms with van der Waals surface area (Å²) in [5, 5.41) is 1.15. The summed E-state index contributed by atoms with van der Waals surface area (Å²) in [7, 11) is 0. The van der Waals surface area contributed by atoms with Gasteiger partial charge in [0.05, 0.1) is 4.91 Å². The Morgan fingerprint density at radius 3 is 1.87 bits per heavy atom. The first-order valence-electron chi connectivity index (χ1n) is 10.2. The first-order valence-corrected chi connectivity index (χ1v) is 11.4. The van der Waals surface area contributed by atoms with Crippen LogP contribution >= 0.6 is 24.0 Å². The standard InChI is InChI=1S/C25H28N2O2S2/c1-24(2,3)18-11-7-16(8-12-18)15-20-22(29)27(23(30)31-20)26-21(28)17-9-13-19(14-10-17)25(4,5)6/h7-15H,1-6H3,(H,26,28). The number of carbonyl (C=O) groups excluding carboxylic acids is 2. The molecule has 2 aromatic carbocycles. The molecule has 0 aromatic heterocycles. The number of carbonyl (C=O) groups is 2. The Balaban J connectivity index is 1.73. The van der Waals surface area contributed by atoms with Gasteiger partial charge < -0.3 is 0 Å². The molecule has 1 aliphatic rings. The summed E-state index contributed by atoms with van der Waals surface area (Å²) >= 11 is 6.51. The van der Waals surface area contributed by atoms with E-state index in [0.717, 1.165) is 16.1 Å². The van der Waals surface area contributed by atoms with Gasteiger partial charge in [-0.3, -0.25) is 15.0 Å².